The van der Waals surface area contributed by atoms with Gasteiger partial charge in [-0.1, -0.05) is 47.6 Å². The van der Waals surface area contributed by atoms with Crippen molar-refractivity contribution >= 4 is 28.7 Å². The molecule has 0 aromatic heterocycles. The third kappa shape index (κ3) is 5.96. The highest BCUT2D eigenvalue weighted by Gasteiger charge is 2.44. The fourth-order valence-electron chi connectivity index (χ4n) is 4.00. The summed E-state index contributed by atoms with van der Waals surface area (Å²) in [5.41, 5.74) is 9.01. The molecule has 0 bridgehead atoms. The van der Waals surface area contributed by atoms with Crippen LogP contribution in [0.3, 0.4) is 0 Å². The lowest BCUT2D eigenvalue weighted by atomic mass is 10.0. The minimum absolute atomic E-state index is 0.185. The molecule has 10 nitrogen and oxygen atoms in total. The Balaban J connectivity index is 1.83. The lowest BCUT2D eigenvalue weighted by molar-refractivity contribution is -0.145. The van der Waals surface area contributed by atoms with Crippen molar-refractivity contribution in [3.05, 3.63) is 58.5 Å². The number of hydrogen-bond acceptors (Lipinski definition) is 6. The summed E-state index contributed by atoms with van der Waals surface area (Å²) < 4.78 is 10.3. The van der Waals surface area contributed by atoms with Crippen LogP contribution >= 0.6 is 0 Å². The third-order valence-corrected chi connectivity index (χ3v) is 5.52. The predicted molar refractivity (Wildman–Crippen MR) is 126 cm³/mol. The number of likely N-dealkylation sites (tertiary alicyclic amines) is 1. The fraction of sp³-hybridized carbons (Fsp3) is 0.458. The lowest BCUT2D eigenvalue weighted by Gasteiger charge is -2.30. The van der Waals surface area contributed by atoms with Gasteiger partial charge in [0.15, 0.2) is 0 Å². The van der Waals surface area contributed by atoms with Crippen LogP contribution < -0.4 is 5.32 Å². The van der Waals surface area contributed by atoms with Crippen LogP contribution in [0.1, 0.15) is 32.8 Å². The van der Waals surface area contributed by atoms with Crippen LogP contribution in [0.25, 0.3) is 21.2 Å². The van der Waals surface area contributed by atoms with E-state index < -0.39 is 41.7 Å². The zero-order valence-corrected chi connectivity index (χ0v) is 19.7. The molecule has 0 aliphatic carbocycles. The summed E-state index contributed by atoms with van der Waals surface area (Å²) in [5, 5.41) is 8.46. The Bertz CT molecular complexity index is 1120. The molecule has 1 saturated heterocycles. The number of carbonyl (C=O) groups excluding carboxylic acids is 3. The van der Waals surface area contributed by atoms with Crippen LogP contribution in [0.4, 0.5) is 4.79 Å². The molecule has 1 unspecified atom stereocenters. The first-order chi connectivity index (χ1) is 16.1. The Morgan fingerprint density at radius 1 is 1.21 bits per heavy atom. The molecule has 2 aromatic rings. The molecule has 3 rings (SSSR count). The van der Waals surface area contributed by atoms with E-state index in [0.29, 0.717) is 6.42 Å². The van der Waals surface area contributed by atoms with E-state index in [1.165, 1.54) is 12.0 Å². The second-order valence-corrected chi connectivity index (χ2v) is 9.15. The number of amides is 2. The Hall–Kier alpha value is -3.78. The van der Waals surface area contributed by atoms with Gasteiger partial charge < -0.3 is 14.8 Å². The van der Waals surface area contributed by atoms with Crippen molar-refractivity contribution in [3.63, 3.8) is 0 Å². The van der Waals surface area contributed by atoms with Gasteiger partial charge in [0.1, 0.15) is 17.7 Å². The van der Waals surface area contributed by atoms with Gasteiger partial charge in [0.25, 0.3) is 0 Å². The second-order valence-electron chi connectivity index (χ2n) is 9.15. The number of esters is 1. The molecular weight excluding hydrogens is 438 g/mol. The van der Waals surface area contributed by atoms with Crippen LogP contribution in [-0.2, 0) is 25.5 Å². The number of nitrogens with zero attached hydrogens (tertiary/aromatic N) is 4. The molecule has 2 amide bonds. The van der Waals surface area contributed by atoms with Gasteiger partial charge in [0.05, 0.1) is 13.2 Å². The van der Waals surface area contributed by atoms with Gasteiger partial charge in [0, 0.05) is 17.9 Å². The van der Waals surface area contributed by atoms with E-state index in [2.05, 4.69) is 15.3 Å². The molecule has 2 aromatic carbocycles. The number of hydrogen-bond donors (Lipinski definition) is 1. The average molecular weight is 468 g/mol. The van der Waals surface area contributed by atoms with Gasteiger partial charge in [-0.15, -0.1) is 0 Å². The number of ether oxygens (including phenoxy) is 2. The summed E-state index contributed by atoms with van der Waals surface area (Å²) in [5.74, 6) is -1.24. The van der Waals surface area contributed by atoms with E-state index in [-0.39, 0.29) is 13.0 Å². The van der Waals surface area contributed by atoms with Crippen molar-refractivity contribution in [2.24, 2.45) is 5.11 Å². The van der Waals surface area contributed by atoms with E-state index in [1.54, 1.807) is 20.8 Å². The number of benzene rings is 2. The van der Waals surface area contributed by atoms with E-state index in [0.717, 1.165) is 16.3 Å². The molecule has 1 fully saturated rings. The minimum atomic E-state index is -1.10. The van der Waals surface area contributed by atoms with Gasteiger partial charge in [-0.2, -0.15) is 0 Å². The topological polar surface area (TPSA) is 134 Å². The summed E-state index contributed by atoms with van der Waals surface area (Å²) in [6.45, 7) is 5.34. The average Bonchev–Trinajstić information content (AvgIpc) is 3.21. The highest BCUT2D eigenvalue weighted by molar-refractivity contribution is 5.91. The molecule has 1 N–H and O–H groups in total. The number of fused-ring (bicyclic) bond motifs is 1. The van der Waals surface area contributed by atoms with Crippen molar-refractivity contribution in [1.82, 2.24) is 10.2 Å². The van der Waals surface area contributed by atoms with Gasteiger partial charge >= 0.3 is 12.1 Å². The van der Waals surface area contributed by atoms with Crippen LogP contribution in [0, 0.1) is 0 Å². The van der Waals surface area contributed by atoms with Crippen LogP contribution in [0.15, 0.2) is 47.6 Å². The number of methoxy groups -OCH3 is 1. The highest BCUT2D eigenvalue weighted by Crippen LogP contribution is 2.25. The largest absolute Gasteiger partial charge is 0.467 e. The first-order valence-electron chi connectivity index (χ1n) is 11.0. The molecule has 0 saturated carbocycles. The first-order valence-corrected chi connectivity index (χ1v) is 11.0. The van der Waals surface area contributed by atoms with Crippen LogP contribution in [0.2, 0.25) is 0 Å². The van der Waals surface area contributed by atoms with Crippen molar-refractivity contribution in [3.8, 4) is 0 Å². The fourth-order valence-corrected chi connectivity index (χ4v) is 4.00. The Labute approximate surface area is 197 Å². The maximum atomic E-state index is 13.3. The second kappa shape index (κ2) is 10.4. The molecule has 10 heteroatoms. The van der Waals surface area contributed by atoms with Crippen molar-refractivity contribution in [2.75, 3.05) is 13.7 Å². The lowest BCUT2D eigenvalue weighted by Crippen LogP contribution is -2.55. The Kier molecular flexibility index (Phi) is 7.63. The van der Waals surface area contributed by atoms with Gasteiger partial charge in [-0.05, 0) is 49.1 Å². The van der Waals surface area contributed by atoms with Crippen molar-refractivity contribution < 1.29 is 23.9 Å². The summed E-state index contributed by atoms with van der Waals surface area (Å²) >= 11 is 0. The maximum Gasteiger partial charge on any atom is 0.410 e. The molecular formula is C24H29N5O5. The summed E-state index contributed by atoms with van der Waals surface area (Å²) in [4.78, 5) is 42.6. The van der Waals surface area contributed by atoms with Gasteiger partial charge in [0.2, 0.25) is 5.91 Å². The third-order valence-electron chi connectivity index (χ3n) is 5.52. The zero-order valence-electron chi connectivity index (χ0n) is 19.7. The zero-order chi connectivity index (χ0) is 24.9. The Morgan fingerprint density at radius 2 is 1.91 bits per heavy atom. The molecule has 1 aliphatic heterocycles. The normalized spacial score (nSPS) is 18.6. The van der Waals surface area contributed by atoms with E-state index in [9.17, 15) is 14.4 Å². The van der Waals surface area contributed by atoms with Crippen LogP contribution in [-0.4, -0.2) is 60.3 Å². The summed E-state index contributed by atoms with van der Waals surface area (Å²) in [6, 6.07) is 10.7. The maximum absolute atomic E-state index is 13.3. The number of carbonyl (C=O) groups is 3. The van der Waals surface area contributed by atoms with E-state index in [4.69, 9.17) is 15.0 Å². The molecule has 3 atom stereocenters. The standard InChI is InChI=1S/C24H29N5O5/c1-24(2,3)34-23(32)29-12-11-18(27-28-25)20(29)21(30)26-19(22(31)33-4)14-15-9-10-16-7-5-6-8-17(16)13-15/h5-10,13,18-20H,11-12,14H2,1-4H3,(H,26,30)/t18-,19?,20+/m1/s1. The highest BCUT2D eigenvalue weighted by atomic mass is 16.6. The van der Waals surface area contributed by atoms with Gasteiger partial charge in [-0.25, -0.2) is 9.59 Å². The Morgan fingerprint density at radius 3 is 2.56 bits per heavy atom. The SMILES string of the molecule is COC(=O)C(Cc1ccc2ccccc2c1)NC(=O)[C@@H]1[C@H](N=[N+]=[N-])CCN1C(=O)OC(C)(C)C. The summed E-state index contributed by atoms with van der Waals surface area (Å²) in [6.07, 6.45) is -0.198. The van der Waals surface area contributed by atoms with Gasteiger partial charge in [-0.3, -0.25) is 9.69 Å². The van der Waals surface area contributed by atoms with E-state index in [1.807, 2.05) is 42.5 Å². The molecule has 180 valence electrons. The molecule has 1 aliphatic rings. The minimum Gasteiger partial charge on any atom is -0.467 e. The summed E-state index contributed by atoms with van der Waals surface area (Å²) in [7, 11) is 1.24. The monoisotopic (exact) mass is 467 g/mol. The predicted octanol–water partition coefficient (Wildman–Crippen LogP) is 3.73. The smallest absolute Gasteiger partial charge is 0.410 e. The molecule has 34 heavy (non-hydrogen) atoms. The van der Waals surface area contributed by atoms with Crippen LogP contribution in [0.5, 0.6) is 0 Å². The van der Waals surface area contributed by atoms with E-state index >= 15 is 0 Å². The number of azide groups is 1. The first kappa shape index (κ1) is 24.9. The molecule has 0 spiro atoms. The molecule has 0 radical (unpaired) electrons. The number of nitrogens with one attached hydrogen (secondary N) is 1. The number of rotatable bonds is 6. The quantitative estimate of drug-likeness (QED) is 0.299. The van der Waals surface area contributed by atoms with Crippen molar-refractivity contribution in [1.29, 1.82) is 0 Å². The van der Waals surface area contributed by atoms with Crippen molar-refractivity contribution in [2.45, 2.75) is 57.3 Å². The molecule has 1 heterocycles.